The van der Waals surface area contributed by atoms with Gasteiger partial charge in [-0.25, -0.2) is 15.0 Å². The van der Waals surface area contributed by atoms with Crippen molar-refractivity contribution < 1.29 is 9.53 Å². The van der Waals surface area contributed by atoms with E-state index in [-0.39, 0.29) is 18.0 Å². The summed E-state index contributed by atoms with van der Waals surface area (Å²) in [5.41, 5.74) is 3.02. The average molecular weight is 464 g/mol. The molecule has 2 N–H and O–H groups in total. The number of amides is 1. The summed E-state index contributed by atoms with van der Waals surface area (Å²) in [4.78, 5) is 30.2. The summed E-state index contributed by atoms with van der Waals surface area (Å²) in [6.45, 7) is 0.596. The van der Waals surface area contributed by atoms with Crippen molar-refractivity contribution in [1.29, 1.82) is 0 Å². The lowest BCUT2D eigenvalue weighted by Crippen LogP contribution is -2.45. The number of carbonyl (C=O) groups excluding carboxylic acids is 1. The first kappa shape index (κ1) is 21.1. The van der Waals surface area contributed by atoms with Gasteiger partial charge in [-0.15, -0.1) is 0 Å². The molecule has 1 fully saturated rings. The topological polar surface area (TPSA) is 107 Å². The van der Waals surface area contributed by atoms with Crippen LogP contribution < -0.4 is 15.4 Å². The Hall–Kier alpha value is -3.72. The zero-order chi connectivity index (χ0) is 22.8. The fourth-order valence-electron chi connectivity index (χ4n) is 3.99. The van der Waals surface area contributed by atoms with Crippen LogP contribution in [0.2, 0.25) is 5.02 Å². The SMILES string of the molecule is COc1cc(Cl)ccc1C(=O)NC1CC(n2cnc3c(NCc4cccnc4)ncnc32)C1. The van der Waals surface area contributed by atoms with Gasteiger partial charge in [0.15, 0.2) is 11.5 Å². The van der Waals surface area contributed by atoms with Gasteiger partial charge in [-0.3, -0.25) is 9.78 Å². The maximum Gasteiger partial charge on any atom is 0.255 e. The second-order valence-electron chi connectivity index (χ2n) is 7.90. The highest BCUT2D eigenvalue weighted by molar-refractivity contribution is 6.30. The number of benzene rings is 1. The molecule has 0 saturated heterocycles. The summed E-state index contributed by atoms with van der Waals surface area (Å²) in [6, 6.07) is 9.15. The smallest absolute Gasteiger partial charge is 0.255 e. The van der Waals surface area contributed by atoms with Crippen molar-refractivity contribution in [2.24, 2.45) is 0 Å². The molecule has 9 nitrogen and oxygen atoms in total. The zero-order valence-corrected chi connectivity index (χ0v) is 18.7. The number of carbonyl (C=O) groups is 1. The van der Waals surface area contributed by atoms with Gasteiger partial charge in [-0.2, -0.15) is 0 Å². The van der Waals surface area contributed by atoms with Crippen molar-refractivity contribution in [2.45, 2.75) is 31.5 Å². The van der Waals surface area contributed by atoms with Crippen molar-refractivity contribution in [3.05, 3.63) is 71.5 Å². The molecule has 1 aliphatic carbocycles. The highest BCUT2D eigenvalue weighted by Gasteiger charge is 2.33. The fourth-order valence-corrected chi connectivity index (χ4v) is 4.15. The molecule has 1 aliphatic rings. The second-order valence-corrected chi connectivity index (χ2v) is 8.34. The maximum absolute atomic E-state index is 12.7. The van der Waals surface area contributed by atoms with Crippen LogP contribution in [0.4, 0.5) is 5.82 Å². The van der Waals surface area contributed by atoms with Gasteiger partial charge in [0.25, 0.3) is 5.91 Å². The Kier molecular flexibility index (Phi) is 5.78. The third-order valence-corrected chi connectivity index (χ3v) is 6.03. The number of pyridine rings is 1. The van der Waals surface area contributed by atoms with Gasteiger partial charge in [0.2, 0.25) is 0 Å². The minimum Gasteiger partial charge on any atom is -0.496 e. The molecule has 1 saturated carbocycles. The standard InChI is InChI=1S/C23H22ClN7O2/c1-33-19-7-15(24)4-5-18(19)23(32)30-16-8-17(9-16)31-13-29-20-21(27-12-28-22(20)31)26-11-14-3-2-6-25-10-14/h2-7,10,12-13,16-17H,8-9,11H2,1H3,(H,30,32)(H,26,27,28). The van der Waals surface area contributed by atoms with Gasteiger partial charge >= 0.3 is 0 Å². The Morgan fingerprint density at radius 3 is 2.91 bits per heavy atom. The van der Waals surface area contributed by atoms with E-state index in [9.17, 15) is 4.79 Å². The highest BCUT2D eigenvalue weighted by atomic mass is 35.5. The fraction of sp³-hybridized carbons (Fsp3) is 0.261. The molecule has 3 aromatic heterocycles. The van der Waals surface area contributed by atoms with E-state index < -0.39 is 0 Å². The average Bonchev–Trinajstić information content (AvgIpc) is 3.24. The van der Waals surface area contributed by atoms with Crippen LogP contribution in [0.25, 0.3) is 11.2 Å². The van der Waals surface area contributed by atoms with Crippen LogP contribution in [0.1, 0.15) is 34.8 Å². The molecule has 1 aromatic carbocycles. The first-order chi connectivity index (χ1) is 16.1. The number of halogens is 1. The molecule has 0 unspecified atom stereocenters. The summed E-state index contributed by atoms with van der Waals surface area (Å²) in [7, 11) is 1.52. The summed E-state index contributed by atoms with van der Waals surface area (Å²) < 4.78 is 7.34. The predicted molar refractivity (Wildman–Crippen MR) is 124 cm³/mol. The van der Waals surface area contributed by atoms with Crippen molar-refractivity contribution >= 4 is 34.5 Å². The van der Waals surface area contributed by atoms with E-state index in [0.717, 1.165) is 29.6 Å². The number of anilines is 1. The van der Waals surface area contributed by atoms with Gasteiger partial charge < -0.3 is 19.9 Å². The highest BCUT2D eigenvalue weighted by Crippen LogP contribution is 2.35. The van der Waals surface area contributed by atoms with E-state index in [0.29, 0.717) is 28.7 Å². The Balaban J connectivity index is 1.24. The Labute approximate surface area is 195 Å². The first-order valence-corrected chi connectivity index (χ1v) is 10.9. The van der Waals surface area contributed by atoms with Crippen LogP contribution in [0.5, 0.6) is 5.75 Å². The number of methoxy groups -OCH3 is 1. The molecule has 0 aliphatic heterocycles. The summed E-state index contributed by atoms with van der Waals surface area (Å²) >= 11 is 5.99. The predicted octanol–water partition coefficient (Wildman–Crippen LogP) is 3.63. The molecule has 3 heterocycles. The lowest BCUT2D eigenvalue weighted by Gasteiger charge is -2.36. The van der Waals surface area contributed by atoms with Crippen LogP contribution in [0.3, 0.4) is 0 Å². The Morgan fingerprint density at radius 1 is 1.24 bits per heavy atom. The molecule has 0 radical (unpaired) electrons. The van der Waals surface area contributed by atoms with Gasteiger partial charge in [-0.05, 0) is 42.7 Å². The van der Waals surface area contributed by atoms with E-state index in [4.69, 9.17) is 16.3 Å². The molecular weight excluding hydrogens is 442 g/mol. The molecular formula is C23H22ClN7O2. The molecule has 1 amide bonds. The summed E-state index contributed by atoms with van der Waals surface area (Å²) in [5, 5.41) is 6.91. The van der Waals surface area contributed by atoms with Crippen molar-refractivity contribution in [3.8, 4) is 5.75 Å². The monoisotopic (exact) mass is 463 g/mol. The molecule has 5 rings (SSSR count). The van der Waals surface area contributed by atoms with E-state index in [1.165, 1.54) is 13.4 Å². The molecule has 168 valence electrons. The minimum atomic E-state index is -0.174. The van der Waals surface area contributed by atoms with Gasteiger partial charge in [0, 0.05) is 36.0 Å². The van der Waals surface area contributed by atoms with Crippen molar-refractivity contribution in [3.63, 3.8) is 0 Å². The van der Waals surface area contributed by atoms with E-state index in [1.807, 2.05) is 18.3 Å². The van der Waals surface area contributed by atoms with Crippen molar-refractivity contribution in [1.82, 2.24) is 29.8 Å². The number of imidazole rings is 1. The third-order valence-electron chi connectivity index (χ3n) is 5.79. The summed E-state index contributed by atoms with van der Waals surface area (Å²) in [6.07, 6.45) is 8.46. The largest absolute Gasteiger partial charge is 0.496 e. The van der Waals surface area contributed by atoms with Crippen LogP contribution >= 0.6 is 11.6 Å². The number of hydrogen-bond donors (Lipinski definition) is 2. The minimum absolute atomic E-state index is 0.0605. The molecule has 0 atom stereocenters. The molecule has 10 heteroatoms. The van der Waals surface area contributed by atoms with Crippen LogP contribution in [-0.2, 0) is 6.54 Å². The van der Waals surface area contributed by atoms with Gasteiger partial charge in [0.1, 0.15) is 17.6 Å². The first-order valence-electron chi connectivity index (χ1n) is 10.6. The Morgan fingerprint density at radius 2 is 2.12 bits per heavy atom. The Bertz CT molecular complexity index is 1290. The van der Waals surface area contributed by atoms with E-state index >= 15 is 0 Å². The zero-order valence-electron chi connectivity index (χ0n) is 17.9. The lowest BCUT2D eigenvalue weighted by atomic mass is 9.86. The van der Waals surface area contributed by atoms with Crippen LogP contribution in [-0.4, -0.2) is 43.6 Å². The molecule has 0 spiro atoms. The maximum atomic E-state index is 12.7. The number of rotatable bonds is 7. The van der Waals surface area contributed by atoms with E-state index in [2.05, 4.69) is 35.1 Å². The quantitative estimate of drug-likeness (QED) is 0.431. The third kappa shape index (κ3) is 4.31. The lowest BCUT2D eigenvalue weighted by molar-refractivity contribution is 0.0891. The number of nitrogens with zero attached hydrogens (tertiary/aromatic N) is 5. The number of ether oxygens (including phenoxy) is 1. The van der Waals surface area contributed by atoms with Crippen LogP contribution in [0, 0.1) is 0 Å². The van der Waals surface area contributed by atoms with Gasteiger partial charge in [0.05, 0.1) is 19.0 Å². The van der Waals surface area contributed by atoms with Crippen LogP contribution in [0.15, 0.2) is 55.4 Å². The number of hydrogen-bond acceptors (Lipinski definition) is 7. The normalized spacial score (nSPS) is 17.4. The second kappa shape index (κ2) is 9.03. The van der Waals surface area contributed by atoms with E-state index in [1.54, 1.807) is 30.7 Å². The summed E-state index contributed by atoms with van der Waals surface area (Å²) in [5.74, 6) is 0.966. The molecule has 0 bridgehead atoms. The molecule has 4 aromatic rings. The number of fused-ring (bicyclic) bond motifs is 1. The number of nitrogens with one attached hydrogen (secondary N) is 2. The number of aromatic nitrogens is 5. The van der Waals surface area contributed by atoms with Crippen molar-refractivity contribution in [2.75, 3.05) is 12.4 Å². The van der Waals surface area contributed by atoms with Gasteiger partial charge in [-0.1, -0.05) is 17.7 Å². The molecule has 33 heavy (non-hydrogen) atoms.